The molecule has 0 heterocycles. The smallest absolute Gasteiger partial charge is 0.413 e. The lowest BCUT2D eigenvalue weighted by atomic mass is 10.1. The Morgan fingerprint density at radius 1 is 1.20 bits per heavy atom. The minimum absolute atomic E-state index is 0.253. The second-order valence-corrected chi connectivity index (χ2v) is 7.27. The minimum Gasteiger partial charge on any atom is -0.429 e. The molecule has 30 heavy (non-hydrogen) atoms. The molecular weight excluding hydrogens is 404 g/mol. The van der Waals surface area contributed by atoms with Crippen LogP contribution in [0.25, 0.3) is 0 Å². The first-order valence-electron chi connectivity index (χ1n) is 9.91. The van der Waals surface area contributed by atoms with Gasteiger partial charge in [-0.3, -0.25) is 20.7 Å². The summed E-state index contributed by atoms with van der Waals surface area (Å²) in [6, 6.07) is 14.8. The normalized spacial score (nSPS) is 11.9. The number of amides is 2. The molecule has 0 bridgehead atoms. The lowest BCUT2D eigenvalue weighted by molar-refractivity contribution is -0.124. The number of benzene rings is 2. The molecule has 8 heteroatoms. The van der Waals surface area contributed by atoms with Crippen LogP contribution in [-0.2, 0) is 22.5 Å². The maximum atomic E-state index is 12.5. The van der Waals surface area contributed by atoms with E-state index in [1.54, 1.807) is 23.1 Å². The number of carbonyl (C=O) groups excluding carboxylic acids is 2. The van der Waals surface area contributed by atoms with E-state index in [4.69, 9.17) is 27.8 Å². The number of nitrogens with two attached hydrogens (primary N) is 1. The first kappa shape index (κ1) is 23.7. The Labute approximate surface area is 182 Å². The maximum Gasteiger partial charge on any atom is 0.413 e. The van der Waals surface area contributed by atoms with Gasteiger partial charge in [0.2, 0.25) is 5.91 Å². The van der Waals surface area contributed by atoms with Crippen molar-refractivity contribution < 1.29 is 14.3 Å². The molecule has 0 fully saturated rings. The topological polar surface area (TPSA) is 108 Å². The van der Waals surface area contributed by atoms with Gasteiger partial charge in [0, 0.05) is 23.8 Å². The van der Waals surface area contributed by atoms with Gasteiger partial charge in [-0.1, -0.05) is 48.9 Å². The zero-order chi connectivity index (χ0) is 21.9. The number of nitrogens with zero attached hydrogens (tertiary/aromatic N) is 1. The van der Waals surface area contributed by atoms with E-state index in [1.807, 2.05) is 37.3 Å². The van der Waals surface area contributed by atoms with Crippen molar-refractivity contribution in [1.29, 1.82) is 0 Å². The monoisotopic (exact) mass is 431 g/mol. The van der Waals surface area contributed by atoms with E-state index >= 15 is 0 Å². The van der Waals surface area contributed by atoms with Gasteiger partial charge in [0.15, 0.2) is 6.23 Å². The summed E-state index contributed by atoms with van der Waals surface area (Å²) in [5.74, 6) is -0.822. The van der Waals surface area contributed by atoms with Gasteiger partial charge in [-0.15, -0.1) is 0 Å². The summed E-state index contributed by atoms with van der Waals surface area (Å²) in [6.45, 7) is 3.33. The van der Waals surface area contributed by atoms with Crippen molar-refractivity contribution >= 4 is 29.3 Å². The molecule has 1 radical (unpaired) electrons. The Morgan fingerprint density at radius 2 is 1.90 bits per heavy atom. The number of hydrogen-bond acceptors (Lipinski definition) is 5. The van der Waals surface area contributed by atoms with E-state index in [0.717, 1.165) is 17.5 Å². The Balaban J connectivity index is 2.14. The zero-order valence-electron chi connectivity index (χ0n) is 17.1. The number of hydrogen-bond donors (Lipinski definition) is 2. The van der Waals surface area contributed by atoms with Crippen LogP contribution < -0.4 is 16.8 Å². The Morgan fingerprint density at radius 3 is 2.50 bits per heavy atom. The van der Waals surface area contributed by atoms with Crippen LogP contribution in [0.4, 0.5) is 10.5 Å². The molecule has 1 atom stereocenters. The number of ether oxygens (including phenoxy) is 1. The lowest BCUT2D eigenvalue weighted by Gasteiger charge is -2.30. The van der Waals surface area contributed by atoms with Gasteiger partial charge >= 0.3 is 6.09 Å². The predicted octanol–water partition coefficient (Wildman–Crippen LogP) is 3.83. The first-order chi connectivity index (χ1) is 14.4. The van der Waals surface area contributed by atoms with Crippen LogP contribution in [0, 0.1) is 0 Å². The summed E-state index contributed by atoms with van der Waals surface area (Å²) >= 11 is 6.28. The fourth-order valence-electron chi connectivity index (χ4n) is 2.96. The van der Waals surface area contributed by atoms with E-state index < -0.39 is 18.2 Å². The first-order valence-corrected chi connectivity index (χ1v) is 10.3. The number of halogens is 1. The van der Waals surface area contributed by atoms with E-state index in [-0.39, 0.29) is 6.42 Å². The van der Waals surface area contributed by atoms with Crippen molar-refractivity contribution in [2.45, 2.75) is 39.0 Å². The third-order valence-corrected chi connectivity index (χ3v) is 4.97. The number of aryl methyl sites for hydroxylation is 1. The van der Waals surface area contributed by atoms with Crippen LogP contribution in [-0.4, -0.2) is 36.2 Å². The molecule has 1 unspecified atom stereocenters. The van der Waals surface area contributed by atoms with Crippen LogP contribution in [0.2, 0.25) is 5.02 Å². The minimum atomic E-state index is -0.910. The van der Waals surface area contributed by atoms with E-state index in [2.05, 4.69) is 5.32 Å². The summed E-state index contributed by atoms with van der Waals surface area (Å²) < 4.78 is 5.54. The van der Waals surface area contributed by atoms with Crippen LogP contribution in [0.5, 0.6) is 0 Å². The molecule has 7 nitrogen and oxygen atoms in total. The Kier molecular flexibility index (Phi) is 9.60. The highest BCUT2D eigenvalue weighted by Crippen LogP contribution is 2.20. The number of carbonyl (C=O) groups is 2. The third-order valence-electron chi connectivity index (χ3n) is 4.60. The number of rotatable bonds is 11. The standard InChI is InChI=1S/C22H28ClN4O3/c1-2-16-8-10-18(11-9-16)26-22(29)30-21(14-20(25)28)27(13-5-12-24)15-17-6-3-4-7-19(17)23/h3-4,6-11,21,25H,2,5,12-15,24H2,1H3,(H,26,29). The van der Waals surface area contributed by atoms with Gasteiger partial charge < -0.3 is 10.5 Å². The van der Waals surface area contributed by atoms with Crippen molar-refractivity contribution in [3.63, 3.8) is 0 Å². The Hall–Kier alpha value is -2.61. The third kappa shape index (κ3) is 7.67. The van der Waals surface area contributed by atoms with Gasteiger partial charge in [0.1, 0.15) is 0 Å². The number of anilines is 1. The van der Waals surface area contributed by atoms with Crippen LogP contribution in [0.15, 0.2) is 48.5 Å². The molecule has 161 valence electrons. The largest absolute Gasteiger partial charge is 0.429 e. The second kappa shape index (κ2) is 12.2. The van der Waals surface area contributed by atoms with Crippen LogP contribution in [0.3, 0.4) is 0 Å². The average molecular weight is 432 g/mol. The molecule has 0 aromatic heterocycles. The second-order valence-electron chi connectivity index (χ2n) is 6.87. The van der Waals surface area contributed by atoms with Crippen LogP contribution in [0.1, 0.15) is 30.9 Å². The summed E-state index contributed by atoms with van der Waals surface area (Å²) in [7, 11) is 0. The van der Waals surface area contributed by atoms with Crippen molar-refractivity contribution in [2.24, 2.45) is 5.73 Å². The van der Waals surface area contributed by atoms with Gasteiger partial charge in [-0.2, -0.15) is 0 Å². The molecule has 0 spiro atoms. The molecule has 0 saturated heterocycles. The molecular formula is C22H28ClN4O3. The molecule has 0 saturated carbocycles. The maximum absolute atomic E-state index is 12.5. The molecule has 4 N–H and O–H groups in total. The zero-order valence-corrected chi connectivity index (χ0v) is 17.8. The van der Waals surface area contributed by atoms with Crippen molar-refractivity contribution in [3.8, 4) is 0 Å². The van der Waals surface area contributed by atoms with Gasteiger partial charge in [0.05, 0.1) is 6.42 Å². The van der Waals surface area contributed by atoms with Crippen molar-refractivity contribution in [3.05, 3.63) is 64.7 Å². The highest BCUT2D eigenvalue weighted by Gasteiger charge is 2.25. The fraction of sp³-hybridized carbons (Fsp3) is 0.364. The molecule has 2 amide bonds. The molecule has 0 aliphatic heterocycles. The van der Waals surface area contributed by atoms with Crippen molar-refractivity contribution in [2.75, 3.05) is 18.4 Å². The highest BCUT2D eigenvalue weighted by atomic mass is 35.5. The van der Waals surface area contributed by atoms with Gasteiger partial charge in [-0.25, -0.2) is 4.79 Å². The molecule has 2 aromatic carbocycles. The fourth-order valence-corrected chi connectivity index (χ4v) is 3.16. The summed E-state index contributed by atoms with van der Waals surface area (Å²) in [5.41, 5.74) is 15.6. The summed E-state index contributed by atoms with van der Waals surface area (Å²) in [4.78, 5) is 25.8. The van der Waals surface area contributed by atoms with E-state index in [0.29, 0.717) is 36.8 Å². The SMILES string of the molecule is CCc1ccc(NC(=O)OC(CC([NH])=O)N(CCCN)Cc2ccccc2Cl)cc1. The Bertz CT molecular complexity index is 829. The predicted molar refractivity (Wildman–Crippen MR) is 118 cm³/mol. The molecule has 0 aliphatic rings. The van der Waals surface area contributed by atoms with E-state index in [1.165, 1.54) is 0 Å². The van der Waals surface area contributed by atoms with Gasteiger partial charge in [0.25, 0.3) is 0 Å². The summed E-state index contributed by atoms with van der Waals surface area (Å²) in [5, 5.41) is 3.25. The lowest BCUT2D eigenvalue weighted by Crippen LogP contribution is -2.42. The average Bonchev–Trinajstić information content (AvgIpc) is 2.72. The quantitative estimate of drug-likeness (QED) is 0.525. The molecule has 2 rings (SSSR count). The number of nitrogens with one attached hydrogen (secondary N) is 2. The van der Waals surface area contributed by atoms with Crippen molar-refractivity contribution in [1.82, 2.24) is 10.6 Å². The summed E-state index contributed by atoms with van der Waals surface area (Å²) in [6.07, 6.45) is -0.320. The van der Waals surface area contributed by atoms with Gasteiger partial charge in [-0.05, 0) is 48.7 Å². The molecule has 0 aliphatic carbocycles. The van der Waals surface area contributed by atoms with E-state index in [9.17, 15) is 9.59 Å². The van der Waals surface area contributed by atoms with Crippen LogP contribution >= 0.6 is 11.6 Å². The highest BCUT2D eigenvalue weighted by molar-refractivity contribution is 6.31. The molecule has 2 aromatic rings.